The van der Waals surface area contributed by atoms with E-state index >= 15 is 0 Å². The molecule has 0 amide bonds. The van der Waals surface area contributed by atoms with Gasteiger partial charge in [0.25, 0.3) is 0 Å². The quantitative estimate of drug-likeness (QED) is 0.582. The summed E-state index contributed by atoms with van der Waals surface area (Å²) in [6.45, 7) is 11.0. The van der Waals surface area contributed by atoms with E-state index in [9.17, 15) is 10.2 Å². The minimum Gasteiger partial charge on any atom is -0.389 e. The van der Waals surface area contributed by atoms with Crippen molar-refractivity contribution in [2.45, 2.75) is 120 Å². The smallest absolute Gasteiger partial charge is 0.190 e. The first-order valence-corrected chi connectivity index (χ1v) is 12.3. The molecule has 5 fully saturated rings. The zero-order valence-corrected chi connectivity index (χ0v) is 20.1. The van der Waals surface area contributed by atoms with E-state index in [4.69, 9.17) is 37.9 Å². The number of hydrogen-bond donors (Lipinski definition) is 2. The fourth-order valence-electron chi connectivity index (χ4n) is 5.14. The van der Waals surface area contributed by atoms with E-state index in [0.29, 0.717) is 11.5 Å². The summed E-state index contributed by atoms with van der Waals surface area (Å²) in [4.78, 5) is 0. The Labute approximate surface area is 192 Å². The molecule has 5 aliphatic heterocycles. The number of aliphatic hydroxyl groups excluding tert-OH is 2. The van der Waals surface area contributed by atoms with Gasteiger partial charge in [-0.1, -0.05) is 0 Å². The zero-order valence-electron chi connectivity index (χ0n) is 19.3. The third kappa shape index (κ3) is 4.35. The molecule has 0 radical (unpaired) electrons. The van der Waals surface area contributed by atoms with Crippen LogP contribution in [0.3, 0.4) is 0 Å². The standard InChI is InChI=1S/C21H34O10S/c1-19(2)26-12-10(24-18-16(14(12)28-19)30-21(5,6)31-18)8-32-7-9(22)11-13-15(17(23)25-11)29-20(3,4)27-13/h9-18,22-23H,7-8H2,1-6H3/t9-,10-,11-,12+,13+,14+,15+,16-,17+,18-/m1/s1. The van der Waals surface area contributed by atoms with Gasteiger partial charge in [0, 0.05) is 11.5 Å². The Balaban J connectivity index is 1.19. The first kappa shape index (κ1) is 23.7. The molecule has 5 rings (SSSR count). The molecule has 32 heavy (non-hydrogen) atoms. The topological polar surface area (TPSA) is 114 Å². The molecule has 10 atom stereocenters. The van der Waals surface area contributed by atoms with Gasteiger partial charge < -0.3 is 48.1 Å². The van der Waals surface area contributed by atoms with E-state index in [1.165, 1.54) is 11.8 Å². The maximum Gasteiger partial charge on any atom is 0.190 e. The third-order valence-corrected chi connectivity index (χ3v) is 7.41. The van der Waals surface area contributed by atoms with E-state index in [0.717, 1.165) is 0 Å². The van der Waals surface area contributed by atoms with Crippen molar-refractivity contribution in [3.05, 3.63) is 0 Å². The molecule has 5 saturated heterocycles. The molecule has 184 valence electrons. The Morgan fingerprint density at radius 1 is 0.719 bits per heavy atom. The van der Waals surface area contributed by atoms with Crippen molar-refractivity contribution in [3.63, 3.8) is 0 Å². The number of thioether (sulfide) groups is 1. The normalized spacial score (nSPS) is 48.9. The molecule has 0 saturated carbocycles. The number of fused-ring (bicyclic) bond motifs is 4. The predicted octanol–water partition coefficient (Wildman–Crippen LogP) is 0.714. The van der Waals surface area contributed by atoms with Crippen LogP contribution < -0.4 is 0 Å². The number of hydrogen-bond acceptors (Lipinski definition) is 11. The fourth-order valence-corrected chi connectivity index (χ4v) is 6.21. The SMILES string of the molecule is CC1(C)O[C@H]2[C@@H](O1)[C@@H](CSC[C@@H](O)[C@H]1O[C@H](O)[C@H]3OC(C)(C)O[C@@H]13)O[C@@H]1OC(C)(C)O[C@@H]12. The summed E-state index contributed by atoms with van der Waals surface area (Å²) in [5.74, 6) is -1.42. The lowest BCUT2D eigenvalue weighted by atomic mass is 10.00. The van der Waals surface area contributed by atoms with Crippen molar-refractivity contribution < 1.29 is 48.1 Å². The molecule has 0 aromatic heterocycles. The molecule has 5 aliphatic rings. The first-order chi connectivity index (χ1) is 14.8. The van der Waals surface area contributed by atoms with Crippen LogP contribution in [0.15, 0.2) is 0 Å². The van der Waals surface area contributed by atoms with Gasteiger partial charge in [-0.25, -0.2) is 0 Å². The monoisotopic (exact) mass is 478 g/mol. The van der Waals surface area contributed by atoms with Crippen molar-refractivity contribution in [1.29, 1.82) is 0 Å². The van der Waals surface area contributed by atoms with Crippen LogP contribution in [-0.2, 0) is 37.9 Å². The Kier molecular flexibility index (Phi) is 5.91. The van der Waals surface area contributed by atoms with Gasteiger partial charge in [-0.3, -0.25) is 0 Å². The molecule has 10 nitrogen and oxygen atoms in total. The highest BCUT2D eigenvalue weighted by molar-refractivity contribution is 7.99. The Bertz CT molecular complexity index is 717. The van der Waals surface area contributed by atoms with E-state index in [1.54, 1.807) is 13.8 Å². The van der Waals surface area contributed by atoms with Gasteiger partial charge in [-0.05, 0) is 41.5 Å². The Morgan fingerprint density at radius 3 is 2.00 bits per heavy atom. The largest absolute Gasteiger partial charge is 0.389 e. The number of rotatable bonds is 5. The van der Waals surface area contributed by atoms with Crippen LogP contribution in [0, 0.1) is 0 Å². The fraction of sp³-hybridized carbons (Fsp3) is 1.00. The average Bonchev–Trinajstić information content (AvgIpc) is 3.33. The second kappa shape index (κ2) is 7.99. The summed E-state index contributed by atoms with van der Waals surface area (Å²) >= 11 is 1.51. The van der Waals surface area contributed by atoms with Gasteiger partial charge in [0.15, 0.2) is 29.9 Å². The first-order valence-electron chi connectivity index (χ1n) is 11.2. The molecule has 0 unspecified atom stereocenters. The maximum atomic E-state index is 10.8. The molecule has 0 aromatic carbocycles. The van der Waals surface area contributed by atoms with Gasteiger partial charge in [0.05, 0.1) is 12.2 Å². The number of aliphatic hydroxyl groups is 2. The molecular weight excluding hydrogens is 444 g/mol. The minimum absolute atomic E-state index is 0.300. The zero-order chi connectivity index (χ0) is 23.1. The van der Waals surface area contributed by atoms with Crippen molar-refractivity contribution in [1.82, 2.24) is 0 Å². The lowest BCUT2D eigenvalue weighted by Gasteiger charge is -2.37. The lowest BCUT2D eigenvalue weighted by Crippen LogP contribution is -2.55. The van der Waals surface area contributed by atoms with Gasteiger partial charge >= 0.3 is 0 Å². The highest BCUT2D eigenvalue weighted by atomic mass is 32.2. The highest BCUT2D eigenvalue weighted by Crippen LogP contribution is 2.45. The summed E-state index contributed by atoms with van der Waals surface area (Å²) in [7, 11) is 0. The van der Waals surface area contributed by atoms with Crippen molar-refractivity contribution in [2.75, 3.05) is 11.5 Å². The van der Waals surface area contributed by atoms with E-state index < -0.39 is 54.4 Å². The summed E-state index contributed by atoms with van der Waals surface area (Å²) in [5, 5.41) is 20.9. The average molecular weight is 479 g/mol. The van der Waals surface area contributed by atoms with Crippen molar-refractivity contribution >= 4 is 11.8 Å². The molecule has 0 aliphatic carbocycles. The predicted molar refractivity (Wildman–Crippen MR) is 111 cm³/mol. The van der Waals surface area contributed by atoms with E-state index in [-0.39, 0.29) is 24.4 Å². The highest BCUT2D eigenvalue weighted by Gasteiger charge is 2.61. The molecule has 5 heterocycles. The summed E-state index contributed by atoms with van der Waals surface area (Å²) in [6, 6.07) is 0. The second-order valence-electron chi connectivity index (χ2n) is 10.4. The van der Waals surface area contributed by atoms with Crippen LogP contribution in [0.2, 0.25) is 0 Å². The van der Waals surface area contributed by atoms with Crippen LogP contribution in [0.4, 0.5) is 0 Å². The molecule has 0 aromatic rings. The van der Waals surface area contributed by atoms with Crippen LogP contribution in [0.1, 0.15) is 41.5 Å². The molecule has 2 N–H and O–H groups in total. The van der Waals surface area contributed by atoms with Crippen LogP contribution in [0.5, 0.6) is 0 Å². The van der Waals surface area contributed by atoms with Crippen LogP contribution in [0.25, 0.3) is 0 Å². The second-order valence-corrected chi connectivity index (χ2v) is 11.4. The van der Waals surface area contributed by atoms with E-state index in [2.05, 4.69) is 0 Å². The summed E-state index contributed by atoms with van der Waals surface area (Å²) in [6.07, 6.45) is -5.60. The molecule has 11 heteroatoms. The number of ether oxygens (including phenoxy) is 8. The summed E-state index contributed by atoms with van der Waals surface area (Å²) in [5.41, 5.74) is 0. The van der Waals surface area contributed by atoms with Gasteiger partial charge in [-0.15, -0.1) is 0 Å². The van der Waals surface area contributed by atoms with Gasteiger partial charge in [-0.2, -0.15) is 11.8 Å². The van der Waals surface area contributed by atoms with Gasteiger partial charge in [0.2, 0.25) is 0 Å². The maximum absolute atomic E-state index is 10.8. The summed E-state index contributed by atoms with van der Waals surface area (Å²) < 4.78 is 47.5. The Hall–Kier alpha value is -0.0500. The van der Waals surface area contributed by atoms with Gasteiger partial charge in [0.1, 0.15) is 36.6 Å². The van der Waals surface area contributed by atoms with Crippen LogP contribution >= 0.6 is 11.8 Å². The van der Waals surface area contributed by atoms with Crippen molar-refractivity contribution in [2.24, 2.45) is 0 Å². The Morgan fingerprint density at radius 2 is 1.28 bits per heavy atom. The molecule has 0 spiro atoms. The molecular formula is C21H34O10S. The minimum atomic E-state index is -1.13. The third-order valence-electron chi connectivity index (χ3n) is 6.27. The molecule has 0 bridgehead atoms. The van der Waals surface area contributed by atoms with Crippen LogP contribution in [-0.4, -0.2) is 100 Å². The lowest BCUT2D eigenvalue weighted by molar-refractivity contribution is -0.229. The van der Waals surface area contributed by atoms with Crippen molar-refractivity contribution in [3.8, 4) is 0 Å². The van der Waals surface area contributed by atoms with E-state index in [1.807, 2.05) is 27.7 Å².